The number of nitrogens with one attached hydrogen (secondary N) is 1. The minimum absolute atomic E-state index is 0.378. The molecule has 1 fully saturated rings. The number of hydrogen-bond acceptors (Lipinski definition) is 3. The lowest BCUT2D eigenvalue weighted by atomic mass is 9.88. The fraction of sp³-hybridized carbons (Fsp3) is 0.600. The Morgan fingerprint density at radius 3 is 2.50 bits per heavy atom. The van der Waals surface area contributed by atoms with Crippen LogP contribution in [0.2, 0.25) is 0 Å². The van der Waals surface area contributed by atoms with Crippen molar-refractivity contribution in [2.75, 3.05) is 13.7 Å². The zero-order valence-corrected chi connectivity index (χ0v) is 11.5. The standard InChI is InChI=1S/C15H23NO2/c1-4-18-15-9-13(10-15)16-11(2)12-5-7-14(17-3)8-6-12/h5-8,11,13,15-16H,4,9-10H2,1-3H3/t11-,13?,15?/m0/s1. The molecule has 100 valence electrons. The molecule has 0 heterocycles. The van der Waals surface area contributed by atoms with Crippen LogP contribution < -0.4 is 10.1 Å². The molecule has 0 amide bonds. The molecule has 2 rings (SSSR count). The van der Waals surface area contributed by atoms with E-state index in [0.717, 1.165) is 25.2 Å². The topological polar surface area (TPSA) is 30.5 Å². The largest absolute Gasteiger partial charge is 0.497 e. The van der Waals surface area contributed by atoms with E-state index in [1.807, 2.05) is 12.1 Å². The second kappa shape index (κ2) is 6.21. The minimum Gasteiger partial charge on any atom is -0.497 e. The maximum Gasteiger partial charge on any atom is 0.118 e. The number of hydrogen-bond donors (Lipinski definition) is 1. The SMILES string of the molecule is CCOC1CC(N[C@@H](C)c2ccc(OC)cc2)C1. The van der Waals surface area contributed by atoms with Crippen molar-refractivity contribution < 1.29 is 9.47 Å². The Bertz CT molecular complexity index is 357. The van der Waals surface area contributed by atoms with Crippen molar-refractivity contribution >= 4 is 0 Å². The molecule has 0 unspecified atom stereocenters. The summed E-state index contributed by atoms with van der Waals surface area (Å²) >= 11 is 0. The lowest BCUT2D eigenvalue weighted by Gasteiger charge is -2.37. The van der Waals surface area contributed by atoms with Crippen LogP contribution in [0.15, 0.2) is 24.3 Å². The van der Waals surface area contributed by atoms with Gasteiger partial charge in [-0.2, -0.15) is 0 Å². The molecule has 3 heteroatoms. The molecule has 3 nitrogen and oxygen atoms in total. The highest BCUT2D eigenvalue weighted by Crippen LogP contribution is 2.26. The van der Waals surface area contributed by atoms with Crippen molar-refractivity contribution in [3.63, 3.8) is 0 Å². The molecule has 0 aromatic heterocycles. The quantitative estimate of drug-likeness (QED) is 0.841. The highest BCUT2D eigenvalue weighted by Gasteiger charge is 2.30. The van der Waals surface area contributed by atoms with E-state index >= 15 is 0 Å². The van der Waals surface area contributed by atoms with E-state index < -0.39 is 0 Å². The average Bonchev–Trinajstić information content (AvgIpc) is 2.36. The van der Waals surface area contributed by atoms with Gasteiger partial charge in [0.1, 0.15) is 5.75 Å². The fourth-order valence-corrected chi connectivity index (χ4v) is 2.42. The van der Waals surface area contributed by atoms with Crippen molar-refractivity contribution in [3.8, 4) is 5.75 Å². The first-order valence-electron chi connectivity index (χ1n) is 6.74. The molecule has 1 N–H and O–H groups in total. The van der Waals surface area contributed by atoms with Crippen LogP contribution >= 0.6 is 0 Å². The molecule has 0 saturated heterocycles. The first kappa shape index (κ1) is 13.4. The van der Waals surface area contributed by atoms with Crippen LogP contribution in [0.25, 0.3) is 0 Å². The van der Waals surface area contributed by atoms with Gasteiger partial charge in [-0.15, -0.1) is 0 Å². The lowest BCUT2D eigenvalue weighted by molar-refractivity contribution is -0.0120. The third-order valence-electron chi connectivity index (χ3n) is 3.60. The van der Waals surface area contributed by atoms with Crippen LogP contribution in [0.5, 0.6) is 5.75 Å². The van der Waals surface area contributed by atoms with Gasteiger partial charge in [0.15, 0.2) is 0 Å². The Labute approximate surface area is 109 Å². The van der Waals surface area contributed by atoms with Gasteiger partial charge in [0, 0.05) is 18.7 Å². The summed E-state index contributed by atoms with van der Waals surface area (Å²) < 4.78 is 10.7. The summed E-state index contributed by atoms with van der Waals surface area (Å²) in [6.45, 7) is 5.09. The molecule has 1 aromatic rings. The molecule has 0 bridgehead atoms. The second-order valence-electron chi connectivity index (χ2n) is 4.91. The Morgan fingerprint density at radius 2 is 1.94 bits per heavy atom. The van der Waals surface area contributed by atoms with Gasteiger partial charge < -0.3 is 14.8 Å². The summed E-state index contributed by atoms with van der Waals surface area (Å²) in [4.78, 5) is 0. The van der Waals surface area contributed by atoms with Crippen LogP contribution in [-0.4, -0.2) is 25.9 Å². The fourth-order valence-electron chi connectivity index (χ4n) is 2.42. The highest BCUT2D eigenvalue weighted by molar-refractivity contribution is 5.28. The molecule has 1 aliphatic carbocycles. The summed E-state index contributed by atoms with van der Waals surface area (Å²) in [5, 5.41) is 3.64. The van der Waals surface area contributed by atoms with Crippen molar-refractivity contribution in [2.45, 2.75) is 44.9 Å². The van der Waals surface area contributed by atoms with Gasteiger partial charge >= 0.3 is 0 Å². The van der Waals surface area contributed by atoms with Crippen LogP contribution in [0.3, 0.4) is 0 Å². The van der Waals surface area contributed by atoms with E-state index in [4.69, 9.17) is 9.47 Å². The molecule has 1 aliphatic rings. The zero-order chi connectivity index (χ0) is 13.0. The summed E-state index contributed by atoms with van der Waals surface area (Å²) in [5.41, 5.74) is 1.30. The maximum atomic E-state index is 5.57. The van der Waals surface area contributed by atoms with Gasteiger partial charge in [-0.25, -0.2) is 0 Å². The van der Waals surface area contributed by atoms with E-state index in [0.29, 0.717) is 18.2 Å². The van der Waals surface area contributed by atoms with E-state index in [1.54, 1.807) is 7.11 Å². The van der Waals surface area contributed by atoms with Gasteiger partial charge in [-0.05, 0) is 44.4 Å². The maximum absolute atomic E-state index is 5.57. The van der Waals surface area contributed by atoms with Gasteiger partial charge in [-0.3, -0.25) is 0 Å². The van der Waals surface area contributed by atoms with Gasteiger partial charge in [0.2, 0.25) is 0 Å². The zero-order valence-electron chi connectivity index (χ0n) is 11.5. The first-order chi connectivity index (χ1) is 8.72. The molecule has 1 atom stereocenters. The van der Waals surface area contributed by atoms with Crippen LogP contribution in [0, 0.1) is 0 Å². The third kappa shape index (κ3) is 3.24. The number of benzene rings is 1. The average molecular weight is 249 g/mol. The predicted molar refractivity (Wildman–Crippen MR) is 73.0 cm³/mol. The van der Waals surface area contributed by atoms with E-state index in [-0.39, 0.29) is 0 Å². The molecule has 0 radical (unpaired) electrons. The van der Waals surface area contributed by atoms with Crippen LogP contribution in [0.4, 0.5) is 0 Å². The Kier molecular flexibility index (Phi) is 4.61. The summed E-state index contributed by atoms with van der Waals surface area (Å²) in [5.74, 6) is 0.908. The van der Waals surface area contributed by atoms with Gasteiger partial charge in [0.05, 0.1) is 13.2 Å². The van der Waals surface area contributed by atoms with Gasteiger partial charge in [-0.1, -0.05) is 12.1 Å². The van der Waals surface area contributed by atoms with E-state index in [1.165, 1.54) is 5.56 Å². The Balaban J connectivity index is 1.79. The summed E-state index contributed by atoms with van der Waals surface area (Å²) in [6.07, 6.45) is 2.73. The summed E-state index contributed by atoms with van der Waals surface area (Å²) in [6, 6.07) is 9.24. The normalized spacial score (nSPS) is 24.4. The smallest absolute Gasteiger partial charge is 0.118 e. The second-order valence-corrected chi connectivity index (χ2v) is 4.91. The molecular weight excluding hydrogens is 226 g/mol. The molecule has 1 aromatic carbocycles. The third-order valence-corrected chi connectivity index (χ3v) is 3.60. The van der Waals surface area contributed by atoms with E-state index in [2.05, 4.69) is 31.3 Å². The first-order valence-corrected chi connectivity index (χ1v) is 6.74. The Morgan fingerprint density at radius 1 is 1.28 bits per heavy atom. The Hall–Kier alpha value is -1.06. The van der Waals surface area contributed by atoms with E-state index in [9.17, 15) is 0 Å². The van der Waals surface area contributed by atoms with Crippen LogP contribution in [0.1, 0.15) is 38.3 Å². The number of methoxy groups -OCH3 is 1. The highest BCUT2D eigenvalue weighted by atomic mass is 16.5. The molecular formula is C15H23NO2. The molecule has 18 heavy (non-hydrogen) atoms. The minimum atomic E-state index is 0.378. The molecule has 0 spiro atoms. The predicted octanol–water partition coefficient (Wildman–Crippen LogP) is 2.91. The molecule has 0 aliphatic heterocycles. The van der Waals surface area contributed by atoms with Crippen molar-refractivity contribution in [1.29, 1.82) is 0 Å². The van der Waals surface area contributed by atoms with Crippen molar-refractivity contribution in [1.82, 2.24) is 5.32 Å². The number of ether oxygens (including phenoxy) is 2. The van der Waals surface area contributed by atoms with Crippen LogP contribution in [-0.2, 0) is 4.74 Å². The van der Waals surface area contributed by atoms with Gasteiger partial charge in [0.25, 0.3) is 0 Å². The summed E-state index contributed by atoms with van der Waals surface area (Å²) in [7, 11) is 1.69. The monoisotopic (exact) mass is 249 g/mol. The number of rotatable bonds is 6. The lowest BCUT2D eigenvalue weighted by Crippen LogP contribution is -2.46. The van der Waals surface area contributed by atoms with Crippen molar-refractivity contribution in [2.24, 2.45) is 0 Å². The molecule has 1 saturated carbocycles. The van der Waals surface area contributed by atoms with Crippen molar-refractivity contribution in [3.05, 3.63) is 29.8 Å².